The molecule has 1 amide bonds. The molecular weight excluding hydrogens is 226 g/mol. The highest BCUT2D eigenvalue weighted by Crippen LogP contribution is 2.28. The zero-order valence-corrected chi connectivity index (χ0v) is 11.1. The first-order chi connectivity index (χ1) is 8.65. The fourth-order valence-corrected chi connectivity index (χ4v) is 1.83. The van der Waals surface area contributed by atoms with E-state index in [2.05, 4.69) is 17.4 Å². The van der Waals surface area contributed by atoms with E-state index in [0.29, 0.717) is 5.92 Å². The summed E-state index contributed by atoms with van der Waals surface area (Å²) in [5, 5.41) is 2.97. The second-order valence-corrected chi connectivity index (χ2v) is 5.13. The predicted molar refractivity (Wildman–Crippen MR) is 71.6 cm³/mol. The van der Waals surface area contributed by atoms with Crippen LogP contribution < -0.4 is 10.1 Å². The van der Waals surface area contributed by atoms with Crippen LogP contribution in [0.2, 0.25) is 0 Å². The molecule has 0 aliphatic heterocycles. The van der Waals surface area contributed by atoms with Crippen molar-refractivity contribution in [3.63, 3.8) is 0 Å². The average Bonchev–Trinajstić information content (AvgIpc) is 3.14. The van der Waals surface area contributed by atoms with Crippen molar-refractivity contribution in [1.29, 1.82) is 0 Å². The summed E-state index contributed by atoms with van der Waals surface area (Å²) in [5.74, 6) is 1.41. The molecule has 0 spiro atoms. The fourth-order valence-electron chi connectivity index (χ4n) is 1.83. The number of benzene rings is 1. The van der Waals surface area contributed by atoms with E-state index in [1.54, 1.807) is 0 Å². The molecule has 0 aromatic heterocycles. The van der Waals surface area contributed by atoms with Gasteiger partial charge in [-0.05, 0) is 50.8 Å². The molecule has 3 nitrogen and oxygen atoms in total. The van der Waals surface area contributed by atoms with Crippen LogP contribution in [-0.4, -0.2) is 18.6 Å². The summed E-state index contributed by atoms with van der Waals surface area (Å²) in [4.78, 5) is 11.4. The summed E-state index contributed by atoms with van der Waals surface area (Å²) in [5.41, 5.74) is 1.22. The molecule has 0 radical (unpaired) electrons. The highest BCUT2D eigenvalue weighted by atomic mass is 16.5. The lowest BCUT2D eigenvalue weighted by molar-refractivity contribution is -0.122. The largest absolute Gasteiger partial charge is 0.491 e. The van der Waals surface area contributed by atoms with Gasteiger partial charge in [-0.2, -0.15) is 0 Å². The van der Waals surface area contributed by atoms with Crippen molar-refractivity contribution < 1.29 is 9.53 Å². The Bertz CT molecular complexity index is 393. The van der Waals surface area contributed by atoms with Gasteiger partial charge in [0.2, 0.25) is 5.91 Å². The van der Waals surface area contributed by atoms with Crippen LogP contribution in [0.5, 0.6) is 5.75 Å². The zero-order valence-electron chi connectivity index (χ0n) is 11.1. The number of hydrogen-bond acceptors (Lipinski definition) is 2. The molecule has 0 unspecified atom stereocenters. The molecule has 1 aliphatic carbocycles. The molecular formula is C15H21NO2. The number of hydrogen-bond donors (Lipinski definition) is 1. The first-order valence-corrected chi connectivity index (χ1v) is 6.68. The molecule has 3 heteroatoms. The molecule has 0 bridgehead atoms. The van der Waals surface area contributed by atoms with Gasteiger partial charge in [-0.1, -0.05) is 12.1 Å². The lowest BCUT2D eigenvalue weighted by Gasteiger charge is -2.10. The molecule has 2 rings (SSSR count). The highest BCUT2D eigenvalue weighted by molar-refractivity contribution is 5.80. The number of amides is 1. The van der Waals surface area contributed by atoms with E-state index in [-0.39, 0.29) is 12.0 Å². The topological polar surface area (TPSA) is 38.3 Å². The third-order valence-corrected chi connectivity index (χ3v) is 2.96. The van der Waals surface area contributed by atoms with Gasteiger partial charge in [-0.3, -0.25) is 4.79 Å². The standard InChI is InChI=1S/C15H21NO2/c1-11(2)18-14-7-3-12(4-8-14)9-10-16-15(17)13-5-6-13/h3-4,7-8,11,13H,5-6,9-10H2,1-2H3,(H,16,17). The fraction of sp³-hybridized carbons (Fsp3) is 0.533. The van der Waals surface area contributed by atoms with Crippen LogP contribution in [0.15, 0.2) is 24.3 Å². The summed E-state index contributed by atoms with van der Waals surface area (Å²) >= 11 is 0. The quantitative estimate of drug-likeness (QED) is 0.839. The van der Waals surface area contributed by atoms with Gasteiger partial charge in [0, 0.05) is 12.5 Å². The summed E-state index contributed by atoms with van der Waals surface area (Å²) in [6.07, 6.45) is 3.20. The van der Waals surface area contributed by atoms with E-state index in [1.165, 1.54) is 5.56 Å². The lowest BCUT2D eigenvalue weighted by Crippen LogP contribution is -2.26. The Morgan fingerprint density at radius 1 is 1.33 bits per heavy atom. The minimum atomic E-state index is 0.202. The van der Waals surface area contributed by atoms with Crippen LogP contribution in [0, 0.1) is 5.92 Å². The van der Waals surface area contributed by atoms with Crippen molar-refractivity contribution in [2.45, 2.75) is 39.2 Å². The van der Waals surface area contributed by atoms with E-state index in [0.717, 1.165) is 31.6 Å². The van der Waals surface area contributed by atoms with Crippen LogP contribution in [0.1, 0.15) is 32.3 Å². The van der Waals surface area contributed by atoms with Crippen molar-refractivity contribution in [2.24, 2.45) is 5.92 Å². The highest BCUT2D eigenvalue weighted by Gasteiger charge is 2.28. The molecule has 1 aliphatic rings. The molecule has 1 aromatic rings. The summed E-state index contributed by atoms with van der Waals surface area (Å²) in [7, 11) is 0. The van der Waals surface area contributed by atoms with Crippen molar-refractivity contribution in [3.05, 3.63) is 29.8 Å². The van der Waals surface area contributed by atoms with Gasteiger partial charge in [0.05, 0.1) is 6.10 Å². The Kier molecular flexibility index (Phi) is 4.24. The Balaban J connectivity index is 1.73. The molecule has 1 saturated carbocycles. The first-order valence-electron chi connectivity index (χ1n) is 6.68. The van der Waals surface area contributed by atoms with E-state index in [1.807, 2.05) is 26.0 Å². The molecule has 1 aromatic carbocycles. The summed E-state index contributed by atoms with van der Waals surface area (Å²) in [6, 6.07) is 8.08. The molecule has 1 fully saturated rings. The predicted octanol–water partition coefficient (Wildman–Crippen LogP) is 2.54. The molecule has 0 saturated heterocycles. The molecule has 18 heavy (non-hydrogen) atoms. The number of nitrogens with one attached hydrogen (secondary N) is 1. The van der Waals surface area contributed by atoms with E-state index < -0.39 is 0 Å². The Labute approximate surface area is 109 Å². The van der Waals surface area contributed by atoms with E-state index in [4.69, 9.17) is 4.74 Å². The van der Waals surface area contributed by atoms with Gasteiger partial charge in [0.1, 0.15) is 5.75 Å². The Morgan fingerprint density at radius 2 is 2.00 bits per heavy atom. The van der Waals surface area contributed by atoms with Crippen LogP contribution in [0.3, 0.4) is 0 Å². The van der Waals surface area contributed by atoms with Crippen molar-refractivity contribution in [1.82, 2.24) is 5.32 Å². The van der Waals surface area contributed by atoms with Crippen LogP contribution in [0.25, 0.3) is 0 Å². The van der Waals surface area contributed by atoms with E-state index >= 15 is 0 Å². The maximum Gasteiger partial charge on any atom is 0.223 e. The van der Waals surface area contributed by atoms with Gasteiger partial charge >= 0.3 is 0 Å². The number of carbonyl (C=O) groups is 1. The number of carbonyl (C=O) groups excluding carboxylic acids is 1. The van der Waals surface area contributed by atoms with Crippen molar-refractivity contribution in [3.8, 4) is 5.75 Å². The Morgan fingerprint density at radius 3 is 2.56 bits per heavy atom. The SMILES string of the molecule is CC(C)Oc1ccc(CCNC(=O)C2CC2)cc1. The molecule has 0 heterocycles. The molecule has 1 N–H and O–H groups in total. The maximum atomic E-state index is 11.4. The van der Waals surface area contributed by atoms with Gasteiger partial charge in [0.15, 0.2) is 0 Å². The number of ether oxygens (including phenoxy) is 1. The van der Waals surface area contributed by atoms with Gasteiger partial charge in [-0.25, -0.2) is 0 Å². The van der Waals surface area contributed by atoms with Crippen LogP contribution >= 0.6 is 0 Å². The minimum Gasteiger partial charge on any atom is -0.491 e. The second kappa shape index (κ2) is 5.89. The third kappa shape index (κ3) is 4.06. The normalized spacial score (nSPS) is 14.6. The van der Waals surface area contributed by atoms with Gasteiger partial charge < -0.3 is 10.1 Å². The average molecular weight is 247 g/mol. The minimum absolute atomic E-state index is 0.202. The molecule has 98 valence electrons. The smallest absolute Gasteiger partial charge is 0.223 e. The summed E-state index contributed by atoms with van der Waals surface area (Å²) < 4.78 is 5.58. The second-order valence-electron chi connectivity index (χ2n) is 5.13. The Hall–Kier alpha value is -1.51. The van der Waals surface area contributed by atoms with Crippen molar-refractivity contribution >= 4 is 5.91 Å². The number of rotatable bonds is 6. The third-order valence-electron chi connectivity index (χ3n) is 2.96. The summed E-state index contributed by atoms with van der Waals surface area (Å²) in [6.45, 7) is 4.75. The first kappa shape index (κ1) is 12.9. The van der Waals surface area contributed by atoms with Crippen LogP contribution in [0.4, 0.5) is 0 Å². The van der Waals surface area contributed by atoms with Gasteiger partial charge in [-0.15, -0.1) is 0 Å². The molecule has 0 atom stereocenters. The van der Waals surface area contributed by atoms with Crippen molar-refractivity contribution in [2.75, 3.05) is 6.54 Å². The zero-order chi connectivity index (χ0) is 13.0. The maximum absolute atomic E-state index is 11.4. The lowest BCUT2D eigenvalue weighted by atomic mass is 10.1. The van der Waals surface area contributed by atoms with E-state index in [9.17, 15) is 4.79 Å². The van der Waals surface area contributed by atoms with Gasteiger partial charge in [0.25, 0.3) is 0 Å². The monoisotopic (exact) mass is 247 g/mol. The van der Waals surface area contributed by atoms with Crippen LogP contribution in [-0.2, 0) is 11.2 Å².